The van der Waals surface area contributed by atoms with E-state index >= 15 is 0 Å². The van der Waals surface area contributed by atoms with Gasteiger partial charge in [0.2, 0.25) is 0 Å². The first-order chi connectivity index (χ1) is 13.3. The Labute approximate surface area is 166 Å². The van der Waals surface area contributed by atoms with Crippen molar-refractivity contribution in [1.29, 1.82) is 0 Å². The fraction of sp³-hybridized carbons (Fsp3) is 0.364. The minimum Gasteiger partial charge on any atom is -0.493 e. The molecule has 0 saturated heterocycles. The standard InChI is InChI=1S/C22H28N2O4/c1-15(2)12-13-28-19-11-8-17(14-20(19)27-5)21(25)23-18-9-6-16(7-10-18)22(26)24(3)4/h6-11,14-15H,12-13H2,1-5H3,(H,23,25). The van der Waals surface area contributed by atoms with Gasteiger partial charge in [-0.2, -0.15) is 0 Å². The van der Waals surface area contributed by atoms with Crippen LogP contribution in [0.15, 0.2) is 42.5 Å². The van der Waals surface area contributed by atoms with Gasteiger partial charge in [-0.1, -0.05) is 13.8 Å². The molecular formula is C22H28N2O4. The van der Waals surface area contributed by atoms with E-state index in [4.69, 9.17) is 9.47 Å². The molecule has 0 unspecified atom stereocenters. The summed E-state index contributed by atoms with van der Waals surface area (Å²) < 4.78 is 11.1. The molecule has 0 bridgehead atoms. The lowest BCUT2D eigenvalue weighted by Gasteiger charge is -2.13. The molecule has 6 heteroatoms. The van der Waals surface area contributed by atoms with E-state index in [0.29, 0.717) is 40.8 Å². The molecule has 0 aliphatic rings. The number of carbonyl (C=O) groups is 2. The third-order valence-corrected chi connectivity index (χ3v) is 4.17. The van der Waals surface area contributed by atoms with Crippen LogP contribution in [0.25, 0.3) is 0 Å². The van der Waals surface area contributed by atoms with Crippen molar-refractivity contribution >= 4 is 17.5 Å². The summed E-state index contributed by atoms with van der Waals surface area (Å²) in [4.78, 5) is 26.0. The van der Waals surface area contributed by atoms with Crippen LogP contribution in [0.2, 0.25) is 0 Å². The second-order valence-corrected chi connectivity index (χ2v) is 7.13. The van der Waals surface area contributed by atoms with Crippen molar-refractivity contribution in [3.63, 3.8) is 0 Å². The summed E-state index contributed by atoms with van der Waals surface area (Å²) in [5.74, 6) is 1.33. The highest BCUT2D eigenvalue weighted by atomic mass is 16.5. The summed E-state index contributed by atoms with van der Waals surface area (Å²) in [6.07, 6.45) is 0.942. The van der Waals surface area contributed by atoms with E-state index in [1.54, 1.807) is 63.7 Å². The summed E-state index contributed by atoms with van der Waals surface area (Å²) in [6, 6.07) is 11.9. The Morgan fingerprint density at radius 3 is 2.21 bits per heavy atom. The van der Waals surface area contributed by atoms with Gasteiger partial charge in [0.25, 0.3) is 11.8 Å². The third kappa shape index (κ3) is 5.74. The third-order valence-electron chi connectivity index (χ3n) is 4.17. The van der Waals surface area contributed by atoms with Gasteiger partial charge in [0, 0.05) is 30.9 Å². The molecule has 6 nitrogen and oxygen atoms in total. The maximum Gasteiger partial charge on any atom is 0.255 e. The summed E-state index contributed by atoms with van der Waals surface area (Å²) in [7, 11) is 4.94. The zero-order chi connectivity index (χ0) is 20.7. The molecule has 0 radical (unpaired) electrons. The number of amides is 2. The van der Waals surface area contributed by atoms with Crippen LogP contribution in [0, 0.1) is 5.92 Å². The van der Waals surface area contributed by atoms with Crippen LogP contribution in [-0.2, 0) is 0 Å². The smallest absolute Gasteiger partial charge is 0.255 e. The molecule has 0 aromatic heterocycles. The van der Waals surface area contributed by atoms with Crippen molar-refractivity contribution in [1.82, 2.24) is 4.90 Å². The first-order valence-electron chi connectivity index (χ1n) is 9.25. The van der Waals surface area contributed by atoms with Gasteiger partial charge in [0.05, 0.1) is 13.7 Å². The molecule has 0 fully saturated rings. The fourth-order valence-corrected chi connectivity index (χ4v) is 2.49. The van der Waals surface area contributed by atoms with Crippen molar-refractivity contribution in [2.45, 2.75) is 20.3 Å². The van der Waals surface area contributed by atoms with Gasteiger partial charge < -0.3 is 19.7 Å². The number of methoxy groups -OCH3 is 1. The predicted octanol–water partition coefficient (Wildman–Crippen LogP) is 4.07. The second-order valence-electron chi connectivity index (χ2n) is 7.13. The number of hydrogen-bond donors (Lipinski definition) is 1. The summed E-state index contributed by atoms with van der Waals surface area (Å²) in [5.41, 5.74) is 1.63. The van der Waals surface area contributed by atoms with Gasteiger partial charge in [-0.3, -0.25) is 9.59 Å². The van der Waals surface area contributed by atoms with Crippen LogP contribution >= 0.6 is 0 Å². The van der Waals surface area contributed by atoms with Crippen LogP contribution in [0.3, 0.4) is 0 Å². The van der Waals surface area contributed by atoms with E-state index in [-0.39, 0.29) is 11.8 Å². The molecule has 0 spiro atoms. The fourth-order valence-electron chi connectivity index (χ4n) is 2.49. The van der Waals surface area contributed by atoms with Crippen molar-refractivity contribution in [3.8, 4) is 11.5 Å². The number of ether oxygens (including phenoxy) is 2. The quantitative estimate of drug-likeness (QED) is 0.745. The number of carbonyl (C=O) groups excluding carboxylic acids is 2. The average molecular weight is 384 g/mol. The lowest BCUT2D eigenvalue weighted by atomic mass is 10.1. The molecule has 0 aliphatic heterocycles. The summed E-state index contributed by atoms with van der Waals surface area (Å²) >= 11 is 0. The highest BCUT2D eigenvalue weighted by Crippen LogP contribution is 2.29. The Bertz CT molecular complexity index is 814. The van der Waals surface area contributed by atoms with E-state index in [1.165, 1.54) is 4.90 Å². The molecule has 2 aromatic carbocycles. The molecule has 2 rings (SSSR count). The molecule has 150 valence electrons. The zero-order valence-electron chi connectivity index (χ0n) is 17.1. The Morgan fingerprint density at radius 1 is 1.00 bits per heavy atom. The molecule has 0 heterocycles. The maximum absolute atomic E-state index is 12.5. The van der Waals surface area contributed by atoms with Crippen molar-refractivity contribution in [2.24, 2.45) is 5.92 Å². The van der Waals surface area contributed by atoms with E-state index in [0.717, 1.165) is 6.42 Å². The Kier molecular flexibility index (Phi) is 7.44. The maximum atomic E-state index is 12.5. The average Bonchev–Trinajstić information content (AvgIpc) is 2.67. The van der Waals surface area contributed by atoms with E-state index in [2.05, 4.69) is 19.2 Å². The van der Waals surface area contributed by atoms with Crippen molar-refractivity contribution in [2.75, 3.05) is 33.1 Å². The van der Waals surface area contributed by atoms with Crippen LogP contribution < -0.4 is 14.8 Å². The molecule has 0 aliphatic carbocycles. The lowest BCUT2D eigenvalue weighted by Crippen LogP contribution is -2.21. The van der Waals surface area contributed by atoms with Crippen molar-refractivity contribution in [3.05, 3.63) is 53.6 Å². The number of rotatable bonds is 8. The van der Waals surface area contributed by atoms with Gasteiger partial charge in [0.15, 0.2) is 11.5 Å². The molecule has 2 aromatic rings. The SMILES string of the molecule is COc1cc(C(=O)Nc2ccc(C(=O)N(C)C)cc2)ccc1OCCC(C)C. The summed E-state index contributed by atoms with van der Waals surface area (Å²) in [6.45, 7) is 4.87. The molecule has 1 N–H and O–H groups in total. The minimum absolute atomic E-state index is 0.0873. The van der Waals surface area contributed by atoms with Gasteiger partial charge >= 0.3 is 0 Å². The number of nitrogens with zero attached hydrogens (tertiary/aromatic N) is 1. The Hall–Kier alpha value is -3.02. The molecule has 2 amide bonds. The predicted molar refractivity (Wildman–Crippen MR) is 110 cm³/mol. The van der Waals surface area contributed by atoms with Crippen LogP contribution in [-0.4, -0.2) is 44.5 Å². The number of anilines is 1. The summed E-state index contributed by atoms with van der Waals surface area (Å²) in [5, 5.41) is 2.82. The van der Waals surface area contributed by atoms with Gasteiger partial charge in [0.1, 0.15) is 0 Å². The highest BCUT2D eigenvalue weighted by molar-refractivity contribution is 6.05. The first kappa shape index (κ1) is 21.3. The molecular weight excluding hydrogens is 356 g/mol. The van der Waals surface area contributed by atoms with E-state index < -0.39 is 0 Å². The van der Waals surface area contributed by atoms with E-state index in [1.807, 2.05) is 0 Å². The Balaban J connectivity index is 2.06. The lowest BCUT2D eigenvalue weighted by molar-refractivity contribution is 0.0827. The number of nitrogens with one attached hydrogen (secondary N) is 1. The normalized spacial score (nSPS) is 10.5. The largest absolute Gasteiger partial charge is 0.493 e. The van der Waals surface area contributed by atoms with Crippen LogP contribution in [0.1, 0.15) is 41.0 Å². The van der Waals surface area contributed by atoms with Gasteiger partial charge in [-0.15, -0.1) is 0 Å². The molecule has 28 heavy (non-hydrogen) atoms. The molecule has 0 saturated carbocycles. The van der Waals surface area contributed by atoms with E-state index in [9.17, 15) is 9.59 Å². The number of hydrogen-bond acceptors (Lipinski definition) is 4. The monoisotopic (exact) mass is 384 g/mol. The minimum atomic E-state index is -0.265. The number of benzene rings is 2. The topological polar surface area (TPSA) is 67.9 Å². The van der Waals surface area contributed by atoms with Crippen LogP contribution in [0.5, 0.6) is 11.5 Å². The highest BCUT2D eigenvalue weighted by Gasteiger charge is 2.13. The van der Waals surface area contributed by atoms with Gasteiger partial charge in [-0.25, -0.2) is 0 Å². The molecule has 0 atom stereocenters. The van der Waals surface area contributed by atoms with Crippen molar-refractivity contribution < 1.29 is 19.1 Å². The van der Waals surface area contributed by atoms with Crippen LogP contribution in [0.4, 0.5) is 5.69 Å². The van der Waals surface area contributed by atoms with Gasteiger partial charge in [-0.05, 0) is 54.8 Å². The second kappa shape index (κ2) is 9.78. The zero-order valence-corrected chi connectivity index (χ0v) is 17.1. The first-order valence-corrected chi connectivity index (χ1v) is 9.25. The Morgan fingerprint density at radius 2 is 1.64 bits per heavy atom.